The lowest BCUT2D eigenvalue weighted by Crippen LogP contribution is -2.15. The molecule has 8 heteroatoms. The van der Waals surface area contributed by atoms with Gasteiger partial charge in [-0.15, -0.1) is 0 Å². The summed E-state index contributed by atoms with van der Waals surface area (Å²) in [5.74, 6) is -1.01. The third-order valence-corrected chi connectivity index (χ3v) is 4.30. The van der Waals surface area contributed by atoms with Crippen LogP contribution in [-0.2, 0) is 0 Å². The number of ketones is 1. The van der Waals surface area contributed by atoms with Gasteiger partial charge in [0.25, 0.3) is 11.6 Å². The number of carbonyl (C=O) groups excluding carboxylic acids is 2. The van der Waals surface area contributed by atoms with Crippen molar-refractivity contribution < 1.29 is 14.5 Å². The monoisotopic (exact) mass is 414 g/mol. The Hall–Kier alpha value is -3.22. The van der Waals surface area contributed by atoms with Crippen LogP contribution in [0.3, 0.4) is 0 Å². The van der Waals surface area contributed by atoms with Crippen LogP contribution in [0, 0.1) is 10.1 Å². The average molecular weight is 415 g/mol. The Morgan fingerprint density at radius 2 is 1.50 bits per heavy atom. The fraction of sp³-hybridized carbons (Fsp3) is 0. The molecule has 0 unspecified atom stereocenters. The molecule has 1 amide bonds. The number of nitro groups is 1. The first-order chi connectivity index (χ1) is 13.3. The fourth-order valence-corrected chi connectivity index (χ4v) is 3.09. The van der Waals surface area contributed by atoms with Crippen molar-refractivity contribution in [2.45, 2.75) is 0 Å². The second-order valence-corrected chi connectivity index (χ2v) is 6.67. The molecule has 0 aliphatic rings. The first-order valence-electron chi connectivity index (χ1n) is 8.01. The first-order valence-corrected chi connectivity index (χ1v) is 8.76. The van der Waals surface area contributed by atoms with Gasteiger partial charge in [0.1, 0.15) is 0 Å². The summed E-state index contributed by atoms with van der Waals surface area (Å²) in [6.45, 7) is 0. The summed E-state index contributed by atoms with van der Waals surface area (Å²) < 4.78 is 0. The fourth-order valence-electron chi connectivity index (χ4n) is 2.57. The third kappa shape index (κ3) is 4.36. The van der Waals surface area contributed by atoms with Crippen LogP contribution in [0.15, 0.2) is 66.7 Å². The summed E-state index contributed by atoms with van der Waals surface area (Å²) in [5.41, 5.74) is 0.406. The lowest BCUT2D eigenvalue weighted by Gasteiger charge is -2.11. The van der Waals surface area contributed by atoms with Crippen molar-refractivity contribution in [1.82, 2.24) is 0 Å². The normalized spacial score (nSPS) is 10.4. The molecule has 0 spiro atoms. The summed E-state index contributed by atoms with van der Waals surface area (Å²) in [6.07, 6.45) is 0. The van der Waals surface area contributed by atoms with Crippen molar-refractivity contribution in [2.75, 3.05) is 5.32 Å². The standard InChI is InChI=1S/C20H12Cl2N2O4/c21-14-8-13(9-15(22)10-14)20(26)23-18-7-6-16(24(27)28)11-17(18)19(25)12-4-2-1-3-5-12/h1-11H,(H,23,26). The molecule has 3 aromatic rings. The van der Waals surface area contributed by atoms with Gasteiger partial charge in [-0.3, -0.25) is 19.7 Å². The highest BCUT2D eigenvalue weighted by Crippen LogP contribution is 2.26. The summed E-state index contributed by atoms with van der Waals surface area (Å²) >= 11 is 11.8. The van der Waals surface area contributed by atoms with E-state index in [4.69, 9.17) is 23.2 Å². The summed E-state index contributed by atoms with van der Waals surface area (Å²) in [7, 11) is 0. The van der Waals surface area contributed by atoms with E-state index in [0.717, 1.165) is 6.07 Å². The van der Waals surface area contributed by atoms with Gasteiger partial charge in [-0.2, -0.15) is 0 Å². The van der Waals surface area contributed by atoms with E-state index >= 15 is 0 Å². The van der Waals surface area contributed by atoms with Gasteiger partial charge in [-0.1, -0.05) is 53.5 Å². The molecule has 0 fully saturated rings. The average Bonchev–Trinajstić information content (AvgIpc) is 2.67. The highest BCUT2D eigenvalue weighted by Gasteiger charge is 2.20. The maximum absolute atomic E-state index is 12.9. The number of rotatable bonds is 5. The predicted octanol–water partition coefficient (Wildman–Crippen LogP) is 5.38. The Bertz CT molecular complexity index is 1060. The van der Waals surface area contributed by atoms with Crippen LogP contribution in [0.4, 0.5) is 11.4 Å². The van der Waals surface area contributed by atoms with E-state index in [0.29, 0.717) is 5.56 Å². The molecule has 3 rings (SSSR count). The SMILES string of the molecule is O=C(Nc1ccc([N+](=O)[O-])cc1C(=O)c1ccccc1)c1cc(Cl)cc(Cl)c1. The number of hydrogen-bond acceptors (Lipinski definition) is 4. The van der Waals surface area contributed by atoms with Crippen molar-refractivity contribution in [1.29, 1.82) is 0 Å². The van der Waals surface area contributed by atoms with Gasteiger partial charge in [0.15, 0.2) is 5.78 Å². The van der Waals surface area contributed by atoms with Crippen LogP contribution >= 0.6 is 23.2 Å². The van der Waals surface area contributed by atoms with E-state index in [1.807, 2.05) is 0 Å². The predicted molar refractivity (Wildman–Crippen MR) is 107 cm³/mol. The Morgan fingerprint density at radius 1 is 0.857 bits per heavy atom. The molecule has 0 radical (unpaired) electrons. The van der Waals surface area contributed by atoms with E-state index < -0.39 is 16.6 Å². The number of nitro benzene ring substituents is 1. The first kappa shape index (κ1) is 19.5. The number of amides is 1. The van der Waals surface area contributed by atoms with Crippen molar-refractivity contribution in [3.05, 3.63) is 104 Å². The Balaban J connectivity index is 2.01. The minimum absolute atomic E-state index is 0.00174. The maximum Gasteiger partial charge on any atom is 0.270 e. The molecule has 0 saturated carbocycles. The number of nitrogens with zero attached hydrogens (tertiary/aromatic N) is 1. The smallest absolute Gasteiger partial charge is 0.270 e. The molecule has 28 heavy (non-hydrogen) atoms. The van der Waals surface area contributed by atoms with Crippen LogP contribution in [0.1, 0.15) is 26.3 Å². The molecular formula is C20H12Cl2N2O4. The Kier molecular flexibility index (Phi) is 5.73. The van der Waals surface area contributed by atoms with Gasteiger partial charge in [0, 0.05) is 33.3 Å². The molecule has 0 atom stereocenters. The zero-order valence-corrected chi connectivity index (χ0v) is 15.7. The van der Waals surface area contributed by atoms with Gasteiger partial charge in [-0.05, 0) is 24.3 Å². The highest BCUT2D eigenvalue weighted by molar-refractivity contribution is 6.35. The van der Waals surface area contributed by atoms with Crippen molar-refractivity contribution in [2.24, 2.45) is 0 Å². The molecular weight excluding hydrogens is 403 g/mol. The van der Waals surface area contributed by atoms with Crippen molar-refractivity contribution in [3.8, 4) is 0 Å². The van der Waals surface area contributed by atoms with E-state index in [1.54, 1.807) is 30.3 Å². The van der Waals surface area contributed by atoms with Crippen molar-refractivity contribution in [3.63, 3.8) is 0 Å². The molecule has 0 aliphatic carbocycles. The molecule has 0 aliphatic heterocycles. The van der Waals surface area contributed by atoms with E-state index in [2.05, 4.69) is 5.32 Å². The molecule has 0 saturated heterocycles. The zero-order chi connectivity index (χ0) is 20.3. The molecule has 0 bridgehead atoms. The lowest BCUT2D eigenvalue weighted by molar-refractivity contribution is -0.384. The maximum atomic E-state index is 12.9. The van der Waals surface area contributed by atoms with Crippen molar-refractivity contribution >= 4 is 46.3 Å². The number of halogens is 2. The summed E-state index contributed by atoms with van der Waals surface area (Å²) in [4.78, 5) is 35.9. The topological polar surface area (TPSA) is 89.3 Å². The lowest BCUT2D eigenvalue weighted by atomic mass is 10.0. The van der Waals surface area contributed by atoms with E-state index in [9.17, 15) is 19.7 Å². The highest BCUT2D eigenvalue weighted by atomic mass is 35.5. The quantitative estimate of drug-likeness (QED) is 0.344. The Labute approximate surface area is 169 Å². The van der Waals surface area contributed by atoms with Crippen LogP contribution in [0.5, 0.6) is 0 Å². The van der Waals surface area contributed by atoms with Crippen LogP contribution < -0.4 is 5.32 Å². The molecule has 0 aromatic heterocycles. The number of nitrogens with one attached hydrogen (secondary N) is 1. The largest absolute Gasteiger partial charge is 0.321 e. The number of benzene rings is 3. The van der Waals surface area contributed by atoms with Crippen LogP contribution in [-0.4, -0.2) is 16.6 Å². The number of non-ortho nitro benzene ring substituents is 1. The second kappa shape index (κ2) is 8.21. The molecule has 140 valence electrons. The second-order valence-electron chi connectivity index (χ2n) is 5.79. The molecule has 6 nitrogen and oxygen atoms in total. The minimum atomic E-state index is -0.607. The minimum Gasteiger partial charge on any atom is -0.321 e. The van der Waals surface area contributed by atoms with Gasteiger partial charge in [0.05, 0.1) is 16.2 Å². The van der Waals surface area contributed by atoms with Gasteiger partial charge in [-0.25, -0.2) is 0 Å². The summed E-state index contributed by atoms with van der Waals surface area (Å²) in [6, 6.07) is 16.3. The number of carbonyl (C=O) groups is 2. The van der Waals surface area contributed by atoms with Gasteiger partial charge < -0.3 is 5.32 Å². The summed E-state index contributed by atoms with van der Waals surface area (Å²) in [5, 5.41) is 14.3. The van der Waals surface area contributed by atoms with Gasteiger partial charge >= 0.3 is 0 Å². The van der Waals surface area contributed by atoms with Crippen LogP contribution in [0.25, 0.3) is 0 Å². The zero-order valence-electron chi connectivity index (χ0n) is 14.2. The number of anilines is 1. The van der Waals surface area contributed by atoms with Gasteiger partial charge in [0.2, 0.25) is 0 Å². The van der Waals surface area contributed by atoms with E-state index in [1.165, 1.54) is 30.3 Å². The molecule has 3 aromatic carbocycles. The molecule has 1 N–H and O–H groups in total. The molecule has 0 heterocycles. The van der Waals surface area contributed by atoms with Crippen LogP contribution in [0.2, 0.25) is 10.0 Å². The third-order valence-electron chi connectivity index (χ3n) is 3.87. The van der Waals surface area contributed by atoms with E-state index in [-0.39, 0.29) is 32.5 Å². The Morgan fingerprint density at radius 3 is 2.11 bits per heavy atom. The number of hydrogen-bond donors (Lipinski definition) is 1.